The molecule has 40 heavy (non-hydrogen) atoms. The molecule has 2 rings (SSSR count). The summed E-state index contributed by atoms with van der Waals surface area (Å²) in [6, 6.07) is 0. The summed E-state index contributed by atoms with van der Waals surface area (Å²) < 4.78 is 43.1. The molecule has 0 radical (unpaired) electrons. The molecule has 2 aliphatic heterocycles. The SMILES string of the molecule is O=C1C=CC(=O)N1CCOCCOCCOCCOCCOCCOCCOCCOCCN1C(=O)C=CC1=O. The van der Waals surface area contributed by atoms with E-state index < -0.39 is 0 Å². The molecule has 0 aliphatic carbocycles. The van der Waals surface area contributed by atoms with Crippen molar-refractivity contribution in [3.63, 3.8) is 0 Å². The van der Waals surface area contributed by atoms with E-state index in [9.17, 15) is 19.2 Å². The molecular formula is C26H40N2O12. The van der Waals surface area contributed by atoms with Crippen LogP contribution in [-0.4, -0.2) is 152 Å². The van der Waals surface area contributed by atoms with E-state index in [-0.39, 0.29) is 49.9 Å². The van der Waals surface area contributed by atoms with Crippen molar-refractivity contribution >= 4 is 23.6 Å². The van der Waals surface area contributed by atoms with Crippen LogP contribution < -0.4 is 0 Å². The van der Waals surface area contributed by atoms with Gasteiger partial charge in [0.1, 0.15) is 0 Å². The number of rotatable bonds is 27. The van der Waals surface area contributed by atoms with Gasteiger partial charge in [0.2, 0.25) is 0 Å². The Morgan fingerprint density at radius 1 is 0.325 bits per heavy atom. The molecule has 0 N–H and O–H groups in total. The largest absolute Gasteiger partial charge is 0.377 e. The molecule has 0 aromatic heterocycles. The van der Waals surface area contributed by atoms with Crippen LogP contribution in [0.4, 0.5) is 0 Å². The van der Waals surface area contributed by atoms with Crippen molar-refractivity contribution in [2.45, 2.75) is 0 Å². The van der Waals surface area contributed by atoms with Gasteiger partial charge in [0.15, 0.2) is 0 Å². The van der Waals surface area contributed by atoms with Gasteiger partial charge in [0, 0.05) is 24.3 Å². The first-order valence-electron chi connectivity index (χ1n) is 13.3. The Kier molecular flexibility index (Phi) is 18.6. The standard InChI is InChI=1S/C26H40N2O12/c29-23-1-2-24(30)27(23)5-7-33-9-11-35-13-15-37-17-19-39-21-22-40-20-18-38-16-14-36-12-10-34-8-6-28-25(31)3-4-26(28)32/h1-4H,5-22H2. The second kappa shape index (κ2) is 22.2. The van der Waals surface area contributed by atoms with Crippen molar-refractivity contribution in [2.75, 3.05) is 119 Å². The number of nitrogens with zero attached hydrogens (tertiary/aromatic N) is 2. The second-order valence-electron chi connectivity index (χ2n) is 8.22. The molecule has 0 unspecified atom stereocenters. The first-order chi connectivity index (χ1) is 19.6. The average Bonchev–Trinajstić information content (AvgIpc) is 3.44. The fraction of sp³-hybridized carbons (Fsp3) is 0.692. The normalized spacial score (nSPS) is 15.0. The van der Waals surface area contributed by atoms with Gasteiger partial charge < -0.3 is 37.9 Å². The predicted molar refractivity (Wildman–Crippen MR) is 138 cm³/mol. The summed E-state index contributed by atoms with van der Waals surface area (Å²) in [5.41, 5.74) is 0. The van der Waals surface area contributed by atoms with Gasteiger partial charge in [-0.3, -0.25) is 29.0 Å². The van der Waals surface area contributed by atoms with Gasteiger partial charge in [-0.25, -0.2) is 0 Å². The summed E-state index contributed by atoms with van der Waals surface area (Å²) in [6.07, 6.45) is 4.99. The Morgan fingerprint density at radius 2 is 0.500 bits per heavy atom. The minimum atomic E-state index is -0.313. The van der Waals surface area contributed by atoms with Crippen LogP contribution in [-0.2, 0) is 57.1 Å². The lowest BCUT2D eigenvalue weighted by Crippen LogP contribution is -2.33. The fourth-order valence-corrected chi connectivity index (χ4v) is 3.26. The van der Waals surface area contributed by atoms with Crippen molar-refractivity contribution in [1.82, 2.24) is 9.80 Å². The molecular weight excluding hydrogens is 532 g/mol. The zero-order chi connectivity index (χ0) is 28.7. The highest BCUT2D eigenvalue weighted by Gasteiger charge is 2.23. The van der Waals surface area contributed by atoms with Crippen LogP contribution in [0, 0.1) is 0 Å². The number of hydrogen-bond acceptors (Lipinski definition) is 12. The highest BCUT2D eigenvalue weighted by atomic mass is 16.6. The third kappa shape index (κ3) is 15.3. The van der Waals surface area contributed by atoms with Gasteiger partial charge >= 0.3 is 0 Å². The molecule has 0 saturated heterocycles. The smallest absolute Gasteiger partial charge is 0.253 e. The number of hydrogen-bond donors (Lipinski definition) is 0. The predicted octanol–water partition coefficient (Wildman–Crippen LogP) is -1.03. The van der Waals surface area contributed by atoms with Crippen LogP contribution in [0.5, 0.6) is 0 Å². The lowest BCUT2D eigenvalue weighted by molar-refractivity contribution is -0.139. The fourth-order valence-electron chi connectivity index (χ4n) is 3.26. The Bertz CT molecular complexity index is 718. The molecule has 14 heteroatoms. The maximum absolute atomic E-state index is 11.4. The van der Waals surface area contributed by atoms with Crippen LogP contribution >= 0.6 is 0 Å². The Labute approximate surface area is 234 Å². The minimum absolute atomic E-state index is 0.233. The van der Waals surface area contributed by atoms with Crippen LogP contribution in [0.3, 0.4) is 0 Å². The molecule has 2 aliphatic rings. The quantitative estimate of drug-likeness (QED) is 0.0875. The van der Waals surface area contributed by atoms with Gasteiger partial charge in [0.05, 0.1) is 119 Å². The Balaban J connectivity index is 1.18. The van der Waals surface area contributed by atoms with E-state index in [0.29, 0.717) is 92.5 Å². The van der Waals surface area contributed by atoms with E-state index in [1.54, 1.807) is 0 Å². The molecule has 0 aromatic carbocycles. The van der Waals surface area contributed by atoms with Crippen LogP contribution in [0.1, 0.15) is 0 Å². The summed E-state index contributed by atoms with van der Waals surface area (Å²) in [6.45, 7) is 7.04. The van der Waals surface area contributed by atoms with E-state index in [0.717, 1.165) is 9.80 Å². The van der Waals surface area contributed by atoms with Gasteiger partial charge in [-0.1, -0.05) is 0 Å². The third-order valence-electron chi connectivity index (χ3n) is 5.32. The zero-order valence-corrected chi connectivity index (χ0v) is 22.8. The molecule has 2 heterocycles. The second-order valence-corrected chi connectivity index (χ2v) is 8.22. The summed E-state index contributed by atoms with van der Waals surface area (Å²) in [7, 11) is 0. The molecule has 14 nitrogen and oxygen atoms in total. The zero-order valence-electron chi connectivity index (χ0n) is 22.8. The molecule has 0 spiro atoms. The van der Waals surface area contributed by atoms with Gasteiger partial charge in [0.25, 0.3) is 23.6 Å². The molecule has 4 amide bonds. The van der Waals surface area contributed by atoms with Gasteiger partial charge in [-0.2, -0.15) is 0 Å². The summed E-state index contributed by atoms with van der Waals surface area (Å²) in [5.74, 6) is -1.25. The minimum Gasteiger partial charge on any atom is -0.377 e. The third-order valence-corrected chi connectivity index (χ3v) is 5.32. The first kappa shape index (κ1) is 33.6. The molecule has 0 atom stereocenters. The summed E-state index contributed by atoms with van der Waals surface area (Å²) in [4.78, 5) is 47.7. The van der Waals surface area contributed by atoms with Crippen molar-refractivity contribution in [2.24, 2.45) is 0 Å². The maximum Gasteiger partial charge on any atom is 0.253 e. The van der Waals surface area contributed by atoms with Crippen molar-refractivity contribution in [3.8, 4) is 0 Å². The lowest BCUT2D eigenvalue weighted by Gasteiger charge is -2.13. The van der Waals surface area contributed by atoms with E-state index in [4.69, 9.17) is 37.9 Å². The Morgan fingerprint density at radius 3 is 0.700 bits per heavy atom. The van der Waals surface area contributed by atoms with E-state index in [1.165, 1.54) is 24.3 Å². The summed E-state index contributed by atoms with van der Waals surface area (Å²) in [5, 5.41) is 0. The number of imide groups is 2. The topological polar surface area (TPSA) is 149 Å². The van der Waals surface area contributed by atoms with Crippen molar-refractivity contribution in [3.05, 3.63) is 24.3 Å². The highest BCUT2D eigenvalue weighted by molar-refractivity contribution is 6.13. The van der Waals surface area contributed by atoms with Crippen molar-refractivity contribution < 1.29 is 57.1 Å². The van der Waals surface area contributed by atoms with Crippen LogP contribution in [0.25, 0.3) is 0 Å². The molecule has 0 saturated carbocycles. The van der Waals surface area contributed by atoms with E-state index >= 15 is 0 Å². The molecule has 226 valence electrons. The van der Waals surface area contributed by atoms with Crippen molar-refractivity contribution in [1.29, 1.82) is 0 Å². The van der Waals surface area contributed by atoms with Crippen LogP contribution in [0.15, 0.2) is 24.3 Å². The molecule has 0 fully saturated rings. The first-order valence-corrected chi connectivity index (χ1v) is 13.3. The van der Waals surface area contributed by atoms with E-state index in [1.807, 2.05) is 0 Å². The molecule has 0 aromatic rings. The average molecular weight is 573 g/mol. The lowest BCUT2D eigenvalue weighted by atomic mass is 10.5. The number of carbonyl (C=O) groups is 4. The highest BCUT2D eigenvalue weighted by Crippen LogP contribution is 2.03. The number of carbonyl (C=O) groups excluding carboxylic acids is 4. The van der Waals surface area contributed by atoms with E-state index in [2.05, 4.69) is 0 Å². The monoisotopic (exact) mass is 572 g/mol. The maximum atomic E-state index is 11.4. The van der Waals surface area contributed by atoms with Crippen LogP contribution in [0.2, 0.25) is 0 Å². The Hall–Kier alpha value is -2.56. The summed E-state index contributed by atoms with van der Waals surface area (Å²) >= 11 is 0. The van der Waals surface area contributed by atoms with Gasteiger partial charge in [-0.05, 0) is 0 Å². The van der Waals surface area contributed by atoms with Gasteiger partial charge in [-0.15, -0.1) is 0 Å². The number of ether oxygens (including phenoxy) is 8. The molecule has 0 bridgehead atoms. The number of amides is 4.